The maximum Gasteiger partial charge on any atom is 0.317 e. The predicted molar refractivity (Wildman–Crippen MR) is 89.3 cm³/mol. The van der Waals surface area contributed by atoms with Gasteiger partial charge in [0, 0.05) is 19.6 Å². The summed E-state index contributed by atoms with van der Waals surface area (Å²) in [7, 11) is 0. The number of carboxylic acid groups (broad SMARTS) is 1. The third-order valence-electron chi connectivity index (χ3n) is 4.38. The van der Waals surface area contributed by atoms with Gasteiger partial charge in [-0.1, -0.05) is 44.2 Å². The topological polar surface area (TPSA) is 69.6 Å². The Morgan fingerprint density at radius 3 is 2.39 bits per heavy atom. The Balaban J connectivity index is 1.78. The van der Waals surface area contributed by atoms with Crippen molar-refractivity contribution in [3.05, 3.63) is 35.9 Å². The van der Waals surface area contributed by atoms with Gasteiger partial charge in [0.15, 0.2) is 0 Å². The zero-order valence-electron chi connectivity index (χ0n) is 13.9. The number of nitrogens with zero attached hydrogens (tertiary/aromatic N) is 1. The number of piperidine rings is 1. The fraction of sp³-hybridized carbons (Fsp3) is 0.556. The third kappa shape index (κ3) is 5.27. The first-order chi connectivity index (χ1) is 10.9. The quantitative estimate of drug-likeness (QED) is 0.877. The highest BCUT2D eigenvalue weighted by Crippen LogP contribution is 2.21. The molecule has 5 nitrogen and oxygen atoms in total. The molecule has 2 N–H and O–H groups in total. The molecule has 126 valence electrons. The van der Waals surface area contributed by atoms with Crippen molar-refractivity contribution in [2.75, 3.05) is 19.6 Å². The molecule has 0 bridgehead atoms. The van der Waals surface area contributed by atoms with Crippen LogP contribution in [0.5, 0.6) is 0 Å². The van der Waals surface area contributed by atoms with Crippen LogP contribution < -0.4 is 5.32 Å². The first-order valence-electron chi connectivity index (χ1n) is 8.17. The number of urea groups is 1. The van der Waals surface area contributed by atoms with E-state index in [0.29, 0.717) is 32.5 Å². The molecule has 1 saturated heterocycles. The fourth-order valence-corrected chi connectivity index (χ4v) is 2.97. The summed E-state index contributed by atoms with van der Waals surface area (Å²) < 4.78 is 0. The van der Waals surface area contributed by atoms with Crippen molar-refractivity contribution in [3.8, 4) is 0 Å². The summed E-state index contributed by atoms with van der Waals surface area (Å²) in [4.78, 5) is 24.9. The number of likely N-dealkylation sites (tertiary alicyclic amines) is 1. The zero-order valence-corrected chi connectivity index (χ0v) is 13.9. The van der Waals surface area contributed by atoms with E-state index < -0.39 is 5.97 Å². The predicted octanol–water partition coefficient (Wildman–Crippen LogP) is 2.76. The minimum Gasteiger partial charge on any atom is -0.481 e. The van der Waals surface area contributed by atoms with Crippen LogP contribution in [0.2, 0.25) is 0 Å². The van der Waals surface area contributed by atoms with Crippen LogP contribution in [0.25, 0.3) is 0 Å². The van der Waals surface area contributed by atoms with Crippen LogP contribution in [0.3, 0.4) is 0 Å². The molecule has 1 aromatic carbocycles. The molecule has 0 radical (unpaired) electrons. The second kappa shape index (κ2) is 7.49. The van der Waals surface area contributed by atoms with E-state index in [4.69, 9.17) is 5.11 Å². The van der Waals surface area contributed by atoms with Crippen LogP contribution in [0, 0.1) is 11.3 Å². The summed E-state index contributed by atoms with van der Waals surface area (Å²) in [5, 5.41) is 12.0. The standard InChI is InChI=1S/C18H26N2O3/c1-18(2,12-14-6-4-3-5-7-14)13-19-17(23)20-10-8-15(9-11-20)16(21)22/h3-7,15H,8-13H2,1-2H3,(H,19,23)(H,21,22). The first-order valence-corrected chi connectivity index (χ1v) is 8.17. The number of amides is 2. The molecule has 1 aromatic rings. The molecule has 0 unspecified atom stereocenters. The number of carboxylic acids is 1. The molecule has 0 atom stereocenters. The van der Waals surface area contributed by atoms with E-state index in [9.17, 15) is 9.59 Å². The molecule has 0 aliphatic carbocycles. The van der Waals surface area contributed by atoms with E-state index >= 15 is 0 Å². The highest BCUT2D eigenvalue weighted by molar-refractivity contribution is 5.75. The normalized spacial score (nSPS) is 16.2. The number of carbonyl (C=O) groups is 2. The van der Waals surface area contributed by atoms with Gasteiger partial charge >= 0.3 is 12.0 Å². The second-order valence-electron chi connectivity index (χ2n) is 7.08. The zero-order chi connectivity index (χ0) is 16.9. The van der Waals surface area contributed by atoms with Crippen LogP contribution in [-0.2, 0) is 11.2 Å². The summed E-state index contributed by atoms with van der Waals surface area (Å²) in [5.74, 6) is -1.07. The maximum absolute atomic E-state index is 12.2. The lowest BCUT2D eigenvalue weighted by molar-refractivity contribution is -0.143. The lowest BCUT2D eigenvalue weighted by atomic mass is 9.86. The molecule has 0 saturated carbocycles. The molecule has 1 fully saturated rings. The lowest BCUT2D eigenvalue weighted by Crippen LogP contribution is -2.47. The third-order valence-corrected chi connectivity index (χ3v) is 4.38. The molecule has 0 spiro atoms. The van der Waals surface area contributed by atoms with Crippen LogP contribution in [-0.4, -0.2) is 41.6 Å². The van der Waals surface area contributed by atoms with E-state index in [1.807, 2.05) is 18.2 Å². The van der Waals surface area contributed by atoms with E-state index in [1.165, 1.54) is 5.56 Å². The Morgan fingerprint density at radius 2 is 1.83 bits per heavy atom. The summed E-state index contributed by atoms with van der Waals surface area (Å²) >= 11 is 0. The Hall–Kier alpha value is -2.04. The van der Waals surface area contributed by atoms with E-state index in [-0.39, 0.29) is 17.4 Å². The molecule has 0 aromatic heterocycles. The van der Waals surface area contributed by atoms with E-state index in [1.54, 1.807) is 4.90 Å². The lowest BCUT2D eigenvalue weighted by Gasteiger charge is -2.32. The van der Waals surface area contributed by atoms with Gasteiger partial charge in [-0.05, 0) is 30.2 Å². The minimum absolute atomic E-state index is 0.0313. The first kappa shape index (κ1) is 17.3. The number of nitrogens with one attached hydrogen (secondary N) is 1. The smallest absolute Gasteiger partial charge is 0.317 e. The van der Waals surface area contributed by atoms with Crippen LogP contribution in [0.15, 0.2) is 30.3 Å². The molecule has 1 aliphatic heterocycles. The van der Waals surface area contributed by atoms with Crippen molar-refractivity contribution in [1.29, 1.82) is 0 Å². The second-order valence-corrected chi connectivity index (χ2v) is 7.08. The van der Waals surface area contributed by atoms with Crippen LogP contribution in [0.4, 0.5) is 4.79 Å². The molecular weight excluding hydrogens is 292 g/mol. The van der Waals surface area contributed by atoms with Gasteiger partial charge in [0.25, 0.3) is 0 Å². The Kier molecular flexibility index (Phi) is 5.64. The molecule has 2 amide bonds. The van der Waals surface area contributed by atoms with Crippen LogP contribution in [0.1, 0.15) is 32.3 Å². The SMILES string of the molecule is CC(C)(CNC(=O)N1CCC(C(=O)O)CC1)Cc1ccccc1. The van der Waals surface area contributed by atoms with Gasteiger partial charge in [-0.15, -0.1) is 0 Å². The van der Waals surface area contributed by atoms with Crippen molar-refractivity contribution in [3.63, 3.8) is 0 Å². The van der Waals surface area contributed by atoms with Crippen molar-refractivity contribution >= 4 is 12.0 Å². The van der Waals surface area contributed by atoms with Gasteiger partial charge in [-0.25, -0.2) is 4.79 Å². The number of hydrogen-bond acceptors (Lipinski definition) is 2. The van der Waals surface area contributed by atoms with Gasteiger partial charge in [0.1, 0.15) is 0 Å². The highest BCUT2D eigenvalue weighted by Gasteiger charge is 2.28. The number of rotatable bonds is 5. The number of hydrogen-bond donors (Lipinski definition) is 2. The van der Waals surface area contributed by atoms with E-state index in [2.05, 4.69) is 31.3 Å². The number of carbonyl (C=O) groups excluding carboxylic acids is 1. The van der Waals surface area contributed by atoms with E-state index in [0.717, 1.165) is 6.42 Å². The van der Waals surface area contributed by atoms with Crippen molar-refractivity contribution in [2.45, 2.75) is 33.1 Å². The fourth-order valence-electron chi connectivity index (χ4n) is 2.97. The van der Waals surface area contributed by atoms with Gasteiger partial charge in [0.2, 0.25) is 0 Å². The van der Waals surface area contributed by atoms with Crippen molar-refractivity contribution in [1.82, 2.24) is 10.2 Å². The Morgan fingerprint density at radius 1 is 1.22 bits per heavy atom. The number of benzene rings is 1. The van der Waals surface area contributed by atoms with Gasteiger partial charge in [0.05, 0.1) is 5.92 Å². The molecule has 23 heavy (non-hydrogen) atoms. The average molecular weight is 318 g/mol. The molecule has 2 rings (SSSR count). The molecular formula is C18H26N2O3. The van der Waals surface area contributed by atoms with Crippen molar-refractivity contribution in [2.24, 2.45) is 11.3 Å². The maximum atomic E-state index is 12.2. The average Bonchev–Trinajstić information content (AvgIpc) is 2.53. The molecule has 1 aliphatic rings. The molecule has 5 heteroatoms. The summed E-state index contributed by atoms with van der Waals surface area (Å²) in [6.07, 6.45) is 1.97. The Labute approximate surface area is 137 Å². The summed E-state index contributed by atoms with van der Waals surface area (Å²) in [5.41, 5.74) is 1.23. The van der Waals surface area contributed by atoms with Gasteiger partial charge in [-0.3, -0.25) is 4.79 Å². The monoisotopic (exact) mass is 318 g/mol. The van der Waals surface area contributed by atoms with Gasteiger partial charge in [-0.2, -0.15) is 0 Å². The summed E-state index contributed by atoms with van der Waals surface area (Å²) in [6, 6.07) is 10.2. The highest BCUT2D eigenvalue weighted by atomic mass is 16.4. The minimum atomic E-state index is -0.756. The molecule has 1 heterocycles. The van der Waals surface area contributed by atoms with Gasteiger partial charge < -0.3 is 15.3 Å². The Bertz CT molecular complexity index is 534. The largest absolute Gasteiger partial charge is 0.481 e. The van der Waals surface area contributed by atoms with Crippen molar-refractivity contribution < 1.29 is 14.7 Å². The number of aliphatic carboxylic acids is 1. The van der Waals surface area contributed by atoms with Crippen LogP contribution >= 0.6 is 0 Å². The summed E-state index contributed by atoms with van der Waals surface area (Å²) in [6.45, 7) is 5.90.